The van der Waals surface area contributed by atoms with E-state index in [2.05, 4.69) is 23.8 Å². The van der Waals surface area contributed by atoms with E-state index in [0.29, 0.717) is 30.0 Å². The zero-order valence-electron chi connectivity index (χ0n) is 18.7. The van der Waals surface area contributed by atoms with Gasteiger partial charge in [0.05, 0.1) is 47.0 Å². The maximum absolute atomic E-state index is 13.3. The second kappa shape index (κ2) is 9.60. The number of fused-ring (bicyclic) bond motifs is 1. The first-order valence-corrected chi connectivity index (χ1v) is 11.7. The average molecular weight is 430 g/mol. The first kappa shape index (κ1) is 22.3. The molecule has 3 rings (SSSR count). The van der Waals surface area contributed by atoms with E-state index >= 15 is 0 Å². The number of rotatable bonds is 9. The number of aryl methyl sites for hydroxylation is 2. The predicted octanol–water partition coefficient (Wildman–Crippen LogP) is 4.81. The molecule has 0 bridgehead atoms. The van der Waals surface area contributed by atoms with Gasteiger partial charge in [-0.2, -0.15) is 0 Å². The minimum absolute atomic E-state index is 0.299. The van der Waals surface area contributed by atoms with Crippen molar-refractivity contribution in [3.8, 4) is 11.5 Å². The van der Waals surface area contributed by atoms with Gasteiger partial charge in [0, 0.05) is 29.9 Å². The summed E-state index contributed by atoms with van der Waals surface area (Å²) < 4.78 is 26.6. The third-order valence-electron chi connectivity index (χ3n) is 5.20. The molecule has 0 saturated carbocycles. The molecular formula is C23H31N3O3S. The largest absolute Gasteiger partial charge is 0.497 e. The van der Waals surface area contributed by atoms with Gasteiger partial charge in [-0.05, 0) is 45.2 Å². The molecule has 0 spiro atoms. The second-order valence-electron chi connectivity index (χ2n) is 7.86. The fraction of sp³-hybridized carbons (Fsp3) is 0.478. The van der Waals surface area contributed by atoms with Crippen LogP contribution < -0.4 is 9.47 Å². The van der Waals surface area contributed by atoms with Gasteiger partial charge in [-0.25, -0.2) is 4.98 Å². The number of ether oxygens (including phenoxy) is 2. The zero-order valence-corrected chi connectivity index (χ0v) is 19.5. The van der Waals surface area contributed by atoms with Gasteiger partial charge >= 0.3 is 0 Å². The summed E-state index contributed by atoms with van der Waals surface area (Å²) in [5, 5.41) is 0.560. The zero-order chi connectivity index (χ0) is 21.8. The van der Waals surface area contributed by atoms with Crippen LogP contribution in [0.5, 0.6) is 11.5 Å². The van der Waals surface area contributed by atoms with Crippen molar-refractivity contribution in [2.24, 2.45) is 5.92 Å². The van der Waals surface area contributed by atoms with Gasteiger partial charge < -0.3 is 14.0 Å². The molecule has 1 atom stereocenters. The van der Waals surface area contributed by atoms with E-state index < -0.39 is 10.8 Å². The number of hydrogen-bond donors (Lipinski definition) is 0. The van der Waals surface area contributed by atoms with E-state index in [4.69, 9.17) is 9.47 Å². The Morgan fingerprint density at radius 2 is 2.00 bits per heavy atom. The van der Waals surface area contributed by atoms with Crippen LogP contribution in [-0.4, -0.2) is 32.5 Å². The molecule has 30 heavy (non-hydrogen) atoms. The van der Waals surface area contributed by atoms with Gasteiger partial charge in [-0.3, -0.25) is 9.19 Å². The van der Waals surface area contributed by atoms with Crippen molar-refractivity contribution >= 4 is 21.8 Å². The van der Waals surface area contributed by atoms with Crippen LogP contribution in [0, 0.1) is 19.8 Å². The van der Waals surface area contributed by atoms with Crippen LogP contribution in [0.2, 0.25) is 0 Å². The van der Waals surface area contributed by atoms with Crippen LogP contribution in [0.4, 0.5) is 0 Å². The van der Waals surface area contributed by atoms with Gasteiger partial charge in [0.2, 0.25) is 0 Å². The molecule has 0 saturated heterocycles. The number of methoxy groups -OCH3 is 1. The summed E-state index contributed by atoms with van der Waals surface area (Å²) in [6.07, 6.45) is 2.80. The molecule has 0 radical (unpaired) electrons. The van der Waals surface area contributed by atoms with Crippen molar-refractivity contribution in [3.05, 3.63) is 41.2 Å². The van der Waals surface area contributed by atoms with Gasteiger partial charge in [0.25, 0.3) is 0 Å². The first-order valence-electron chi connectivity index (χ1n) is 10.4. The maximum atomic E-state index is 13.3. The molecule has 3 aromatic rings. The molecule has 0 aliphatic rings. The fourth-order valence-corrected chi connectivity index (χ4v) is 4.75. The Balaban J connectivity index is 1.89. The molecule has 0 aliphatic carbocycles. The van der Waals surface area contributed by atoms with E-state index in [0.717, 1.165) is 45.8 Å². The Morgan fingerprint density at radius 1 is 1.23 bits per heavy atom. The lowest BCUT2D eigenvalue weighted by atomic mass is 10.1. The van der Waals surface area contributed by atoms with Crippen LogP contribution in [0.15, 0.2) is 29.6 Å². The molecule has 1 unspecified atom stereocenters. The highest BCUT2D eigenvalue weighted by atomic mass is 32.2. The standard InChI is InChI=1S/C23H31N3O3S/c1-7-26-21-9-8-18(28-6)12-19(21)25-23(26)30(27)14-20-17(5)22(16(4)13-24-20)29-11-10-15(2)3/h8-9,12-13,15H,7,10-11,14H2,1-6H3. The number of pyridine rings is 1. The van der Waals surface area contributed by atoms with Crippen molar-refractivity contribution in [1.82, 2.24) is 14.5 Å². The quantitative estimate of drug-likeness (QED) is 0.488. The topological polar surface area (TPSA) is 66.2 Å². The highest BCUT2D eigenvalue weighted by molar-refractivity contribution is 7.84. The Labute approximate surface area is 181 Å². The summed E-state index contributed by atoms with van der Waals surface area (Å²) in [6.45, 7) is 11.7. The molecule has 7 heteroatoms. The Hall–Kier alpha value is -2.41. The highest BCUT2D eigenvalue weighted by Gasteiger charge is 2.19. The third kappa shape index (κ3) is 4.67. The Kier molecular flexibility index (Phi) is 7.13. The highest BCUT2D eigenvalue weighted by Crippen LogP contribution is 2.28. The predicted molar refractivity (Wildman–Crippen MR) is 121 cm³/mol. The summed E-state index contributed by atoms with van der Waals surface area (Å²) in [7, 11) is 0.296. The van der Waals surface area contributed by atoms with Crippen LogP contribution in [0.1, 0.15) is 44.0 Å². The van der Waals surface area contributed by atoms with Crippen LogP contribution in [-0.2, 0) is 23.1 Å². The second-order valence-corrected chi connectivity index (χ2v) is 9.20. The molecule has 1 aromatic carbocycles. The van der Waals surface area contributed by atoms with Crippen molar-refractivity contribution in [1.29, 1.82) is 0 Å². The number of aromatic nitrogens is 3. The number of hydrogen-bond acceptors (Lipinski definition) is 5. The molecule has 2 aromatic heterocycles. The van der Waals surface area contributed by atoms with Gasteiger partial charge in [-0.15, -0.1) is 0 Å². The average Bonchev–Trinajstić information content (AvgIpc) is 3.10. The van der Waals surface area contributed by atoms with Crippen LogP contribution in [0.25, 0.3) is 11.0 Å². The van der Waals surface area contributed by atoms with Gasteiger partial charge in [0.15, 0.2) is 5.16 Å². The van der Waals surface area contributed by atoms with Crippen molar-refractivity contribution in [2.45, 2.75) is 58.5 Å². The maximum Gasteiger partial charge on any atom is 0.200 e. The summed E-state index contributed by atoms with van der Waals surface area (Å²) in [5.74, 6) is 2.47. The van der Waals surface area contributed by atoms with Crippen LogP contribution >= 0.6 is 0 Å². The molecule has 2 heterocycles. The van der Waals surface area contributed by atoms with E-state index in [9.17, 15) is 4.21 Å². The lowest BCUT2D eigenvalue weighted by Gasteiger charge is -2.15. The lowest BCUT2D eigenvalue weighted by molar-refractivity contribution is 0.285. The summed E-state index contributed by atoms with van der Waals surface area (Å²) in [5.41, 5.74) is 4.47. The molecule has 0 N–H and O–H groups in total. The smallest absolute Gasteiger partial charge is 0.200 e. The van der Waals surface area contributed by atoms with E-state index in [-0.39, 0.29) is 0 Å². The van der Waals surface area contributed by atoms with E-state index in [1.54, 1.807) is 13.3 Å². The fourth-order valence-electron chi connectivity index (χ4n) is 3.40. The molecule has 162 valence electrons. The molecule has 0 amide bonds. The van der Waals surface area contributed by atoms with Gasteiger partial charge in [0.1, 0.15) is 11.5 Å². The molecule has 0 aliphatic heterocycles. The Morgan fingerprint density at radius 3 is 2.67 bits per heavy atom. The van der Waals surface area contributed by atoms with Crippen molar-refractivity contribution in [3.63, 3.8) is 0 Å². The molecule has 0 fully saturated rings. The summed E-state index contributed by atoms with van der Waals surface area (Å²) in [4.78, 5) is 9.20. The van der Waals surface area contributed by atoms with Crippen molar-refractivity contribution in [2.75, 3.05) is 13.7 Å². The normalized spacial score (nSPS) is 12.5. The number of benzene rings is 1. The monoisotopic (exact) mass is 429 g/mol. The Bertz CT molecular complexity index is 1060. The minimum atomic E-state index is -1.33. The summed E-state index contributed by atoms with van der Waals surface area (Å²) >= 11 is 0. The summed E-state index contributed by atoms with van der Waals surface area (Å²) in [6, 6.07) is 5.73. The third-order valence-corrected chi connectivity index (χ3v) is 6.45. The SMILES string of the molecule is CCn1c(S(=O)Cc2ncc(C)c(OCCC(C)C)c2C)nc2cc(OC)ccc21. The van der Waals surface area contributed by atoms with Crippen LogP contribution in [0.3, 0.4) is 0 Å². The number of imidazole rings is 1. The van der Waals surface area contributed by atoms with Crippen molar-refractivity contribution < 1.29 is 13.7 Å². The molecular weight excluding hydrogens is 398 g/mol. The minimum Gasteiger partial charge on any atom is -0.497 e. The van der Waals surface area contributed by atoms with Gasteiger partial charge in [-0.1, -0.05) is 13.8 Å². The number of nitrogens with zero attached hydrogens (tertiary/aromatic N) is 3. The van der Waals surface area contributed by atoms with E-state index in [1.165, 1.54) is 0 Å². The van der Waals surface area contributed by atoms with E-state index in [1.807, 2.05) is 43.5 Å². The molecule has 6 nitrogen and oxygen atoms in total. The lowest BCUT2D eigenvalue weighted by Crippen LogP contribution is -2.10. The first-order chi connectivity index (χ1) is 14.3.